The molecule has 28 heavy (non-hydrogen) atoms. The summed E-state index contributed by atoms with van der Waals surface area (Å²) in [7, 11) is 0. The van der Waals surface area contributed by atoms with E-state index in [1.165, 1.54) is 12.1 Å². The van der Waals surface area contributed by atoms with Crippen LogP contribution in [0.5, 0.6) is 0 Å². The van der Waals surface area contributed by atoms with Gasteiger partial charge in [0.25, 0.3) is 11.8 Å². The number of hydrogen-bond donors (Lipinski definition) is 2. The standard InChI is InChI=1S/C22H24FN3O2/c1-3-4-5-9-26-10-8-18-20(22(26)28)13(2)19(24-18)12-16-15-11-14(23)6-7-17(15)25-21(16)27/h6-7,11-12,24H,3-5,8-10H2,1-2H3,(H,25,27)/b16-12-. The first-order valence-electron chi connectivity index (χ1n) is 9.83. The lowest BCUT2D eigenvalue weighted by molar-refractivity contribution is -0.110. The number of nitrogens with zero attached hydrogens (tertiary/aromatic N) is 1. The number of rotatable bonds is 5. The van der Waals surface area contributed by atoms with Crippen LogP contribution in [-0.4, -0.2) is 34.8 Å². The Hall–Kier alpha value is -2.89. The van der Waals surface area contributed by atoms with Crippen LogP contribution < -0.4 is 5.32 Å². The third kappa shape index (κ3) is 3.13. The van der Waals surface area contributed by atoms with Gasteiger partial charge in [-0.2, -0.15) is 0 Å². The van der Waals surface area contributed by atoms with E-state index >= 15 is 0 Å². The van der Waals surface area contributed by atoms with Crippen molar-refractivity contribution in [2.75, 3.05) is 18.4 Å². The molecule has 1 aromatic heterocycles. The Balaban J connectivity index is 1.67. The summed E-state index contributed by atoms with van der Waals surface area (Å²) in [4.78, 5) is 30.6. The molecule has 4 rings (SSSR count). The number of anilines is 1. The average molecular weight is 381 g/mol. The molecule has 0 saturated carbocycles. The monoisotopic (exact) mass is 381 g/mol. The molecule has 2 N–H and O–H groups in total. The zero-order chi connectivity index (χ0) is 19.8. The summed E-state index contributed by atoms with van der Waals surface area (Å²) in [5.74, 6) is -0.597. The predicted molar refractivity (Wildman–Crippen MR) is 108 cm³/mol. The van der Waals surface area contributed by atoms with Crippen LogP contribution in [0.4, 0.5) is 10.1 Å². The largest absolute Gasteiger partial charge is 0.358 e. The molecule has 0 spiro atoms. The molecule has 1 aromatic carbocycles. The minimum absolute atomic E-state index is 0.0538. The molecule has 0 saturated heterocycles. The lowest BCUT2D eigenvalue weighted by Crippen LogP contribution is -2.38. The van der Waals surface area contributed by atoms with Crippen molar-refractivity contribution in [3.8, 4) is 0 Å². The van der Waals surface area contributed by atoms with Gasteiger partial charge in [0.1, 0.15) is 5.82 Å². The van der Waals surface area contributed by atoms with Gasteiger partial charge in [0, 0.05) is 42.1 Å². The lowest BCUT2D eigenvalue weighted by Gasteiger charge is -2.27. The minimum atomic E-state index is -0.387. The molecule has 2 aromatic rings. The first-order valence-corrected chi connectivity index (χ1v) is 9.83. The number of hydrogen-bond acceptors (Lipinski definition) is 2. The summed E-state index contributed by atoms with van der Waals surface area (Å²) >= 11 is 0. The van der Waals surface area contributed by atoms with Crippen molar-refractivity contribution in [2.45, 2.75) is 39.5 Å². The second-order valence-corrected chi connectivity index (χ2v) is 7.47. The molecule has 2 amide bonds. The molecule has 0 aliphatic carbocycles. The smallest absolute Gasteiger partial charge is 0.256 e. The highest BCUT2D eigenvalue weighted by atomic mass is 19.1. The van der Waals surface area contributed by atoms with Crippen LogP contribution in [0.25, 0.3) is 11.6 Å². The van der Waals surface area contributed by atoms with Crippen LogP contribution in [0.15, 0.2) is 18.2 Å². The molecule has 0 fully saturated rings. The van der Waals surface area contributed by atoms with Crippen LogP contribution in [0.2, 0.25) is 0 Å². The number of fused-ring (bicyclic) bond motifs is 2. The summed E-state index contributed by atoms with van der Waals surface area (Å²) in [5.41, 5.74) is 4.76. The maximum absolute atomic E-state index is 13.7. The van der Waals surface area contributed by atoms with Crippen LogP contribution in [0, 0.1) is 12.7 Å². The molecule has 0 bridgehead atoms. The van der Waals surface area contributed by atoms with Gasteiger partial charge in [0.05, 0.1) is 11.1 Å². The number of carbonyl (C=O) groups is 2. The van der Waals surface area contributed by atoms with Gasteiger partial charge in [-0.15, -0.1) is 0 Å². The highest BCUT2D eigenvalue weighted by Crippen LogP contribution is 2.35. The SMILES string of the molecule is CCCCCN1CCc2[nH]c(/C=C3\C(=O)Nc4ccc(F)cc43)c(C)c2C1=O. The van der Waals surface area contributed by atoms with Crippen molar-refractivity contribution in [3.05, 3.63) is 52.1 Å². The molecule has 0 radical (unpaired) electrons. The predicted octanol–water partition coefficient (Wildman–Crippen LogP) is 4.14. The van der Waals surface area contributed by atoms with Crippen molar-refractivity contribution in [1.29, 1.82) is 0 Å². The average Bonchev–Trinajstić information content (AvgIpc) is 3.15. The zero-order valence-corrected chi connectivity index (χ0v) is 16.2. The Morgan fingerprint density at radius 3 is 2.86 bits per heavy atom. The van der Waals surface area contributed by atoms with Gasteiger partial charge < -0.3 is 15.2 Å². The van der Waals surface area contributed by atoms with E-state index in [-0.39, 0.29) is 17.6 Å². The minimum Gasteiger partial charge on any atom is -0.358 e. The molecule has 6 heteroatoms. The number of nitrogens with one attached hydrogen (secondary N) is 2. The molecule has 5 nitrogen and oxygen atoms in total. The Kier molecular flexibility index (Phi) is 4.79. The topological polar surface area (TPSA) is 65.2 Å². The van der Waals surface area contributed by atoms with E-state index in [2.05, 4.69) is 17.2 Å². The van der Waals surface area contributed by atoms with Gasteiger partial charge in [-0.3, -0.25) is 9.59 Å². The molecular formula is C22H24FN3O2. The van der Waals surface area contributed by atoms with E-state index < -0.39 is 0 Å². The van der Waals surface area contributed by atoms with Gasteiger partial charge in [0.15, 0.2) is 0 Å². The fraction of sp³-hybridized carbons (Fsp3) is 0.364. The van der Waals surface area contributed by atoms with Crippen molar-refractivity contribution >= 4 is 29.2 Å². The third-order valence-corrected chi connectivity index (χ3v) is 5.58. The molecule has 0 atom stereocenters. The number of H-pyrrole nitrogens is 1. The normalized spacial score (nSPS) is 17.1. The van der Waals surface area contributed by atoms with E-state index in [9.17, 15) is 14.0 Å². The summed E-state index contributed by atoms with van der Waals surface area (Å²) < 4.78 is 13.7. The van der Waals surface area contributed by atoms with E-state index in [0.29, 0.717) is 28.9 Å². The van der Waals surface area contributed by atoms with Gasteiger partial charge in [-0.25, -0.2) is 4.39 Å². The molecule has 0 unspecified atom stereocenters. The van der Waals surface area contributed by atoms with Crippen LogP contribution in [-0.2, 0) is 11.2 Å². The third-order valence-electron chi connectivity index (χ3n) is 5.58. The van der Waals surface area contributed by atoms with Gasteiger partial charge in [0.2, 0.25) is 0 Å². The zero-order valence-electron chi connectivity index (χ0n) is 16.2. The maximum Gasteiger partial charge on any atom is 0.256 e. The van der Waals surface area contributed by atoms with E-state index in [1.54, 1.807) is 12.1 Å². The van der Waals surface area contributed by atoms with E-state index in [4.69, 9.17) is 0 Å². The highest BCUT2D eigenvalue weighted by molar-refractivity contribution is 6.34. The quantitative estimate of drug-likeness (QED) is 0.604. The molecular weight excluding hydrogens is 357 g/mol. The van der Waals surface area contributed by atoms with E-state index in [1.807, 2.05) is 11.8 Å². The summed E-state index contributed by atoms with van der Waals surface area (Å²) in [6.07, 6.45) is 5.75. The summed E-state index contributed by atoms with van der Waals surface area (Å²) in [6.45, 7) is 5.53. The first kappa shape index (κ1) is 18.5. The number of aromatic nitrogens is 1. The maximum atomic E-state index is 13.7. The highest BCUT2D eigenvalue weighted by Gasteiger charge is 2.30. The van der Waals surface area contributed by atoms with Crippen molar-refractivity contribution in [2.24, 2.45) is 0 Å². The fourth-order valence-electron chi connectivity index (χ4n) is 4.02. The Morgan fingerprint density at radius 1 is 1.25 bits per heavy atom. The Morgan fingerprint density at radius 2 is 2.07 bits per heavy atom. The van der Waals surface area contributed by atoms with E-state index in [0.717, 1.165) is 49.2 Å². The second-order valence-electron chi connectivity index (χ2n) is 7.47. The number of amides is 2. The van der Waals surface area contributed by atoms with Gasteiger partial charge >= 0.3 is 0 Å². The number of carbonyl (C=O) groups excluding carboxylic acids is 2. The first-order chi connectivity index (χ1) is 13.5. The second kappa shape index (κ2) is 7.26. The van der Waals surface area contributed by atoms with Crippen molar-refractivity contribution < 1.29 is 14.0 Å². The molecule has 3 heterocycles. The summed E-state index contributed by atoms with van der Waals surface area (Å²) in [5, 5.41) is 2.76. The van der Waals surface area contributed by atoms with Crippen LogP contribution in [0.1, 0.15) is 59.1 Å². The van der Waals surface area contributed by atoms with Gasteiger partial charge in [-0.05, 0) is 43.2 Å². The van der Waals surface area contributed by atoms with Gasteiger partial charge in [-0.1, -0.05) is 19.8 Å². The van der Waals surface area contributed by atoms with Crippen LogP contribution >= 0.6 is 0 Å². The summed E-state index contributed by atoms with van der Waals surface area (Å²) in [6, 6.07) is 4.25. The number of halogens is 1. The van der Waals surface area contributed by atoms with Crippen molar-refractivity contribution in [1.82, 2.24) is 9.88 Å². The Bertz CT molecular complexity index is 990. The fourth-order valence-corrected chi connectivity index (χ4v) is 4.02. The van der Waals surface area contributed by atoms with Crippen LogP contribution in [0.3, 0.4) is 0 Å². The molecule has 2 aliphatic heterocycles. The number of unbranched alkanes of at least 4 members (excludes halogenated alkanes) is 2. The Labute approximate surface area is 163 Å². The van der Waals surface area contributed by atoms with Crippen molar-refractivity contribution in [3.63, 3.8) is 0 Å². The lowest BCUT2D eigenvalue weighted by atomic mass is 10.0. The molecule has 2 aliphatic rings. The number of benzene rings is 1. The molecule has 146 valence electrons. The number of aromatic amines is 1.